The van der Waals surface area contributed by atoms with Gasteiger partial charge in [-0.25, -0.2) is 15.0 Å². The number of anilines is 1. The van der Waals surface area contributed by atoms with Crippen molar-refractivity contribution in [3.63, 3.8) is 0 Å². The van der Waals surface area contributed by atoms with Gasteiger partial charge < -0.3 is 16.0 Å². The van der Waals surface area contributed by atoms with E-state index in [9.17, 15) is 0 Å². The lowest BCUT2D eigenvalue weighted by Gasteiger charge is -2.34. The molecule has 0 aliphatic rings. The third-order valence-electron chi connectivity index (χ3n) is 3.33. The van der Waals surface area contributed by atoms with E-state index in [0.717, 1.165) is 11.3 Å². The molecular weight excluding hydrogens is 216 g/mol. The number of nitrogens with one attached hydrogen (secondary N) is 2. The van der Waals surface area contributed by atoms with E-state index < -0.39 is 0 Å². The van der Waals surface area contributed by atoms with Crippen LogP contribution in [0, 0.1) is 5.92 Å². The van der Waals surface area contributed by atoms with Crippen LogP contribution in [0.1, 0.15) is 20.8 Å². The summed E-state index contributed by atoms with van der Waals surface area (Å²) >= 11 is 0. The number of imidazole rings is 1. The molecule has 0 radical (unpaired) electrons. The topological polar surface area (TPSA) is 92.5 Å². The van der Waals surface area contributed by atoms with Gasteiger partial charge in [0, 0.05) is 6.54 Å². The summed E-state index contributed by atoms with van der Waals surface area (Å²) in [6.45, 7) is 6.88. The fourth-order valence-electron chi connectivity index (χ4n) is 1.56. The van der Waals surface area contributed by atoms with E-state index >= 15 is 0 Å². The van der Waals surface area contributed by atoms with E-state index in [1.807, 2.05) is 0 Å². The molecule has 6 heteroatoms. The molecule has 17 heavy (non-hydrogen) atoms. The average Bonchev–Trinajstić information content (AvgIpc) is 2.77. The van der Waals surface area contributed by atoms with Crippen LogP contribution in [0.15, 0.2) is 12.7 Å². The second-order valence-electron chi connectivity index (χ2n) is 4.72. The maximum atomic E-state index is 5.84. The molecular formula is C11H18N6. The first kappa shape index (κ1) is 11.8. The van der Waals surface area contributed by atoms with Gasteiger partial charge >= 0.3 is 0 Å². The van der Waals surface area contributed by atoms with E-state index in [0.29, 0.717) is 18.1 Å². The number of aromatic nitrogens is 4. The molecule has 0 aromatic carbocycles. The van der Waals surface area contributed by atoms with Gasteiger partial charge in [0.1, 0.15) is 11.8 Å². The molecule has 2 heterocycles. The minimum atomic E-state index is -0.202. The second-order valence-corrected chi connectivity index (χ2v) is 4.72. The summed E-state index contributed by atoms with van der Waals surface area (Å²) in [5.74, 6) is 1.13. The first-order chi connectivity index (χ1) is 8.07. The van der Waals surface area contributed by atoms with E-state index in [-0.39, 0.29) is 5.54 Å². The molecule has 1 atom stereocenters. The normalized spacial score (nSPS) is 15.1. The predicted molar refractivity (Wildman–Crippen MR) is 67.6 cm³/mol. The van der Waals surface area contributed by atoms with Crippen LogP contribution in [-0.4, -0.2) is 32.0 Å². The molecule has 0 bridgehead atoms. The molecule has 1 unspecified atom stereocenters. The predicted octanol–water partition coefficient (Wildman–Crippen LogP) is 1.14. The van der Waals surface area contributed by atoms with Gasteiger partial charge in [0.05, 0.1) is 11.9 Å². The highest BCUT2D eigenvalue weighted by Gasteiger charge is 2.27. The molecule has 2 aromatic heterocycles. The van der Waals surface area contributed by atoms with E-state index in [1.54, 1.807) is 6.33 Å². The van der Waals surface area contributed by atoms with Crippen molar-refractivity contribution >= 4 is 17.0 Å². The monoisotopic (exact) mass is 234 g/mol. The molecule has 4 N–H and O–H groups in total. The SMILES string of the molecule is CC(C)C(C)(CN)Nc1ncnc2nc[nH]c12. The summed E-state index contributed by atoms with van der Waals surface area (Å²) in [6.07, 6.45) is 3.11. The molecule has 0 spiro atoms. The van der Waals surface area contributed by atoms with Gasteiger partial charge in [-0.15, -0.1) is 0 Å². The van der Waals surface area contributed by atoms with Crippen LogP contribution in [-0.2, 0) is 0 Å². The lowest BCUT2D eigenvalue weighted by molar-refractivity contribution is 0.381. The van der Waals surface area contributed by atoms with E-state index in [4.69, 9.17) is 5.73 Å². The van der Waals surface area contributed by atoms with Crippen LogP contribution in [0.2, 0.25) is 0 Å². The molecule has 0 aliphatic carbocycles. The van der Waals surface area contributed by atoms with Crippen molar-refractivity contribution < 1.29 is 0 Å². The molecule has 0 fully saturated rings. The van der Waals surface area contributed by atoms with Gasteiger partial charge in [0.25, 0.3) is 0 Å². The zero-order valence-electron chi connectivity index (χ0n) is 10.4. The standard InChI is InChI=1S/C11H18N6/c1-7(2)11(3,4-12)17-10-8-9(14-5-13-8)15-6-16-10/h5-7H,4,12H2,1-3H3,(H2,13,14,15,16,17). The summed E-state index contributed by atoms with van der Waals surface area (Å²) in [4.78, 5) is 15.5. The Morgan fingerprint density at radius 1 is 1.41 bits per heavy atom. The number of nitrogens with two attached hydrogens (primary N) is 1. The summed E-state index contributed by atoms with van der Waals surface area (Å²) in [6, 6.07) is 0. The fourth-order valence-corrected chi connectivity index (χ4v) is 1.56. The Labute approximate surface area is 100 Å². The Balaban J connectivity index is 2.38. The molecule has 92 valence electrons. The second kappa shape index (κ2) is 4.29. The third kappa shape index (κ3) is 2.08. The molecule has 0 saturated heterocycles. The number of aromatic amines is 1. The van der Waals surface area contributed by atoms with E-state index in [1.165, 1.54) is 6.33 Å². The van der Waals surface area contributed by atoms with Crippen molar-refractivity contribution in [1.82, 2.24) is 19.9 Å². The maximum Gasteiger partial charge on any atom is 0.182 e. The quantitative estimate of drug-likeness (QED) is 0.737. The van der Waals surface area contributed by atoms with Crippen LogP contribution in [0.3, 0.4) is 0 Å². The number of fused-ring (bicyclic) bond motifs is 1. The van der Waals surface area contributed by atoms with Crippen LogP contribution in [0.25, 0.3) is 11.2 Å². The molecule has 0 aliphatic heterocycles. The largest absolute Gasteiger partial charge is 0.361 e. The van der Waals surface area contributed by atoms with Crippen molar-refractivity contribution in [3.8, 4) is 0 Å². The maximum absolute atomic E-state index is 5.84. The minimum Gasteiger partial charge on any atom is -0.361 e. The van der Waals surface area contributed by atoms with Gasteiger partial charge in [-0.1, -0.05) is 13.8 Å². The zero-order valence-corrected chi connectivity index (χ0v) is 10.4. The van der Waals surface area contributed by atoms with Gasteiger partial charge in [0.2, 0.25) is 0 Å². The van der Waals surface area contributed by atoms with Crippen LogP contribution in [0.4, 0.5) is 5.82 Å². The first-order valence-electron chi connectivity index (χ1n) is 5.69. The van der Waals surface area contributed by atoms with Crippen LogP contribution >= 0.6 is 0 Å². The van der Waals surface area contributed by atoms with Crippen molar-refractivity contribution in [1.29, 1.82) is 0 Å². The van der Waals surface area contributed by atoms with Crippen molar-refractivity contribution in [2.24, 2.45) is 11.7 Å². The molecule has 6 nitrogen and oxygen atoms in total. The Morgan fingerprint density at radius 3 is 2.82 bits per heavy atom. The highest BCUT2D eigenvalue weighted by atomic mass is 15.1. The van der Waals surface area contributed by atoms with Crippen molar-refractivity contribution in [2.45, 2.75) is 26.3 Å². The van der Waals surface area contributed by atoms with E-state index in [2.05, 4.69) is 46.0 Å². The molecule has 2 aromatic rings. The highest BCUT2D eigenvalue weighted by Crippen LogP contribution is 2.23. The Morgan fingerprint density at radius 2 is 2.18 bits per heavy atom. The molecule has 0 saturated carbocycles. The number of hydrogen-bond donors (Lipinski definition) is 3. The minimum absolute atomic E-state index is 0.202. The average molecular weight is 234 g/mol. The van der Waals surface area contributed by atoms with Gasteiger partial charge in [-0.3, -0.25) is 0 Å². The lowest BCUT2D eigenvalue weighted by Crippen LogP contribution is -2.47. The van der Waals surface area contributed by atoms with Crippen LogP contribution in [0.5, 0.6) is 0 Å². The van der Waals surface area contributed by atoms with Crippen LogP contribution < -0.4 is 11.1 Å². The number of nitrogens with zero attached hydrogens (tertiary/aromatic N) is 3. The fraction of sp³-hybridized carbons (Fsp3) is 0.545. The highest BCUT2D eigenvalue weighted by molar-refractivity contribution is 5.82. The summed E-state index contributed by atoms with van der Waals surface area (Å²) in [5, 5.41) is 3.39. The third-order valence-corrected chi connectivity index (χ3v) is 3.33. The number of rotatable bonds is 4. The number of hydrogen-bond acceptors (Lipinski definition) is 5. The molecule has 2 rings (SSSR count). The summed E-state index contributed by atoms with van der Waals surface area (Å²) in [5.41, 5.74) is 7.11. The van der Waals surface area contributed by atoms with Crippen molar-refractivity contribution in [2.75, 3.05) is 11.9 Å². The lowest BCUT2D eigenvalue weighted by atomic mass is 9.88. The Kier molecular flexibility index (Phi) is 2.97. The van der Waals surface area contributed by atoms with Gasteiger partial charge in [-0.05, 0) is 12.8 Å². The Hall–Kier alpha value is -1.69. The number of H-pyrrole nitrogens is 1. The Bertz CT molecular complexity index is 505. The summed E-state index contributed by atoms with van der Waals surface area (Å²) < 4.78 is 0. The smallest absolute Gasteiger partial charge is 0.182 e. The first-order valence-corrected chi connectivity index (χ1v) is 5.69. The molecule has 0 amide bonds. The van der Waals surface area contributed by atoms with Crippen molar-refractivity contribution in [3.05, 3.63) is 12.7 Å². The summed E-state index contributed by atoms with van der Waals surface area (Å²) in [7, 11) is 0. The van der Waals surface area contributed by atoms with Gasteiger partial charge in [0.15, 0.2) is 11.5 Å². The van der Waals surface area contributed by atoms with Gasteiger partial charge in [-0.2, -0.15) is 0 Å². The zero-order chi connectivity index (χ0) is 12.5.